The number of nitrogen functional groups attached to an aromatic ring is 1. The summed E-state index contributed by atoms with van der Waals surface area (Å²) in [5, 5.41) is 0.275. The van der Waals surface area contributed by atoms with E-state index in [1.54, 1.807) is 0 Å². The topological polar surface area (TPSA) is 63.4 Å². The van der Waals surface area contributed by atoms with Crippen LogP contribution in [0.4, 0.5) is 15.8 Å². The van der Waals surface area contributed by atoms with Gasteiger partial charge in [-0.3, -0.25) is 4.31 Å². The molecule has 4 nitrogen and oxygen atoms in total. The van der Waals surface area contributed by atoms with Crippen molar-refractivity contribution in [3.05, 3.63) is 53.3 Å². The third-order valence-corrected chi connectivity index (χ3v) is 4.92. The van der Waals surface area contributed by atoms with Crippen LogP contribution in [0.2, 0.25) is 5.02 Å². The molecule has 0 fully saturated rings. The van der Waals surface area contributed by atoms with Crippen LogP contribution in [0.25, 0.3) is 0 Å². The van der Waals surface area contributed by atoms with Gasteiger partial charge in [-0.1, -0.05) is 17.7 Å². The van der Waals surface area contributed by atoms with Gasteiger partial charge in [-0.15, -0.1) is 0 Å². The third kappa shape index (κ3) is 2.71. The third-order valence-electron chi connectivity index (χ3n) is 2.80. The number of benzene rings is 2. The lowest BCUT2D eigenvalue weighted by Gasteiger charge is -2.19. The van der Waals surface area contributed by atoms with Crippen molar-refractivity contribution in [3.8, 4) is 0 Å². The summed E-state index contributed by atoms with van der Waals surface area (Å²) >= 11 is 5.77. The smallest absolute Gasteiger partial charge is 0.264 e. The maximum absolute atomic E-state index is 13.2. The van der Waals surface area contributed by atoms with E-state index in [0.29, 0.717) is 0 Å². The number of rotatable bonds is 3. The van der Waals surface area contributed by atoms with Gasteiger partial charge >= 0.3 is 0 Å². The van der Waals surface area contributed by atoms with Gasteiger partial charge in [0.15, 0.2) is 0 Å². The van der Waals surface area contributed by atoms with E-state index in [1.165, 1.54) is 43.4 Å². The molecule has 2 rings (SSSR count). The summed E-state index contributed by atoms with van der Waals surface area (Å²) < 4.78 is 39.0. The normalized spacial score (nSPS) is 11.3. The Morgan fingerprint density at radius 3 is 2.50 bits per heavy atom. The van der Waals surface area contributed by atoms with Crippen molar-refractivity contribution in [2.75, 3.05) is 17.1 Å². The predicted molar refractivity (Wildman–Crippen MR) is 77.9 cm³/mol. The van der Waals surface area contributed by atoms with E-state index < -0.39 is 15.8 Å². The Bertz CT molecular complexity index is 750. The van der Waals surface area contributed by atoms with Crippen LogP contribution in [-0.4, -0.2) is 15.5 Å². The number of hydrogen-bond donors (Lipinski definition) is 1. The first kappa shape index (κ1) is 14.6. The van der Waals surface area contributed by atoms with Crippen molar-refractivity contribution in [2.24, 2.45) is 0 Å². The van der Waals surface area contributed by atoms with Crippen LogP contribution in [0.5, 0.6) is 0 Å². The lowest BCUT2D eigenvalue weighted by molar-refractivity contribution is 0.594. The van der Waals surface area contributed by atoms with Gasteiger partial charge in [0, 0.05) is 7.05 Å². The van der Waals surface area contributed by atoms with Crippen molar-refractivity contribution in [2.45, 2.75) is 4.90 Å². The van der Waals surface area contributed by atoms with Gasteiger partial charge in [0.25, 0.3) is 10.0 Å². The van der Waals surface area contributed by atoms with E-state index in [1.807, 2.05) is 0 Å². The largest absolute Gasteiger partial charge is 0.397 e. The average molecular weight is 315 g/mol. The van der Waals surface area contributed by atoms with Crippen molar-refractivity contribution < 1.29 is 12.8 Å². The molecule has 0 aliphatic rings. The zero-order valence-corrected chi connectivity index (χ0v) is 12.1. The van der Waals surface area contributed by atoms with Gasteiger partial charge in [-0.05, 0) is 36.4 Å². The summed E-state index contributed by atoms with van der Waals surface area (Å²) in [6.45, 7) is 0. The second kappa shape index (κ2) is 5.30. The number of nitrogens with two attached hydrogens (primary N) is 1. The maximum Gasteiger partial charge on any atom is 0.264 e. The van der Waals surface area contributed by atoms with Crippen LogP contribution >= 0.6 is 11.6 Å². The Balaban J connectivity index is 2.46. The molecule has 2 aromatic carbocycles. The van der Waals surface area contributed by atoms with Crippen LogP contribution in [-0.2, 0) is 10.0 Å². The van der Waals surface area contributed by atoms with Crippen LogP contribution < -0.4 is 10.0 Å². The highest BCUT2D eigenvalue weighted by Gasteiger charge is 2.22. The van der Waals surface area contributed by atoms with Crippen LogP contribution in [0.1, 0.15) is 0 Å². The molecular weight excluding hydrogens is 303 g/mol. The average Bonchev–Trinajstić information content (AvgIpc) is 2.40. The second-order valence-electron chi connectivity index (χ2n) is 4.14. The van der Waals surface area contributed by atoms with Crippen LogP contribution in [0, 0.1) is 5.82 Å². The molecule has 0 saturated carbocycles. The number of halogens is 2. The summed E-state index contributed by atoms with van der Waals surface area (Å²) in [5.41, 5.74) is 5.99. The molecule has 7 heteroatoms. The highest BCUT2D eigenvalue weighted by Crippen LogP contribution is 2.26. The molecule has 0 aliphatic carbocycles. The lowest BCUT2D eigenvalue weighted by Crippen LogP contribution is -2.26. The quantitative estimate of drug-likeness (QED) is 0.886. The van der Waals surface area contributed by atoms with Crippen molar-refractivity contribution in [3.63, 3.8) is 0 Å². The fraction of sp³-hybridized carbons (Fsp3) is 0.0769. The molecule has 0 amide bonds. The lowest BCUT2D eigenvalue weighted by atomic mass is 10.3. The van der Waals surface area contributed by atoms with Gasteiger partial charge in [0.2, 0.25) is 0 Å². The zero-order chi connectivity index (χ0) is 14.9. The highest BCUT2D eigenvalue weighted by molar-refractivity contribution is 7.92. The van der Waals surface area contributed by atoms with Gasteiger partial charge in [0.05, 0.1) is 21.3 Å². The molecule has 0 atom stereocenters. The van der Waals surface area contributed by atoms with E-state index in [-0.39, 0.29) is 21.3 Å². The second-order valence-corrected chi connectivity index (χ2v) is 6.51. The molecule has 0 aromatic heterocycles. The minimum Gasteiger partial charge on any atom is -0.397 e. The summed E-state index contributed by atoms with van der Waals surface area (Å²) in [6, 6.07) is 9.34. The van der Waals surface area contributed by atoms with Gasteiger partial charge in [0.1, 0.15) is 5.82 Å². The van der Waals surface area contributed by atoms with Crippen LogP contribution in [0.15, 0.2) is 47.4 Å². The van der Waals surface area contributed by atoms with Crippen molar-refractivity contribution in [1.29, 1.82) is 0 Å². The molecule has 0 unspecified atom stereocenters. The monoisotopic (exact) mass is 314 g/mol. The van der Waals surface area contributed by atoms with Crippen molar-refractivity contribution in [1.82, 2.24) is 0 Å². The highest BCUT2D eigenvalue weighted by atomic mass is 35.5. The fourth-order valence-corrected chi connectivity index (χ4v) is 2.99. The maximum atomic E-state index is 13.2. The Hall–Kier alpha value is -1.79. The summed E-state index contributed by atoms with van der Waals surface area (Å²) in [5.74, 6) is -0.514. The molecule has 106 valence electrons. The van der Waals surface area contributed by atoms with Crippen LogP contribution in [0.3, 0.4) is 0 Å². The molecule has 0 radical (unpaired) electrons. The van der Waals surface area contributed by atoms with E-state index in [2.05, 4.69) is 0 Å². The minimum atomic E-state index is -3.82. The first-order chi connectivity index (χ1) is 9.32. The Morgan fingerprint density at radius 2 is 1.90 bits per heavy atom. The van der Waals surface area contributed by atoms with Gasteiger partial charge in [-0.2, -0.15) is 0 Å². The SMILES string of the molecule is CN(c1cccc(F)c1)S(=O)(=O)c1ccc(Cl)c(N)c1. The van der Waals surface area contributed by atoms with E-state index in [9.17, 15) is 12.8 Å². The first-order valence-electron chi connectivity index (χ1n) is 5.62. The minimum absolute atomic E-state index is 0.00818. The molecule has 0 bridgehead atoms. The van der Waals surface area contributed by atoms with E-state index in [0.717, 1.165) is 10.4 Å². The Morgan fingerprint density at radius 1 is 1.20 bits per heavy atom. The van der Waals surface area contributed by atoms with Crippen molar-refractivity contribution >= 4 is 33.0 Å². The fourth-order valence-electron chi connectivity index (χ4n) is 1.65. The molecular formula is C13H12ClFN2O2S. The number of sulfonamides is 1. The predicted octanol–water partition coefficient (Wildman–Crippen LogP) is 2.89. The molecule has 2 N–H and O–H groups in total. The van der Waals surface area contributed by atoms with Gasteiger partial charge in [-0.25, -0.2) is 12.8 Å². The Kier molecular flexibility index (Phi) is 3.87. The molecule has 0 saturated heterocycles. The Labute approximate surface area is 121 Å². The molecule has 0 heterocycles. The molecule has 0 spiro atoms. The molecule has 20 heavy (non-hydrogen) atoms. The van der Waals surface area contributed by atoms with Gasteiger partial charge < -0.3 is 5.73 Å². The summed E-state index contributed by atoms with van der Waals surface area (Å²) in [7, 11) is -2.48. The van der Waals surface area contributed by atoms with E-state index >= 15 is 0 Å². The zero-order valence-electron chi connectivity index (χ0n) is 10.5. The first-order valence-corrected chi connectivity index (χ1v) is 7.43. The van der Waals surface area contributed by atoms with E-state index in [4.69, 9.17) is 17.3 Å². The standard InChI is InChI=1S/C13H12ClFN2O2S/c1-17(10-4-2-3-9(15)7-10)20(18,19)11-5-6-12(14)13(16)8-11/h2-8H,16H2,1H3. The number of hydrogen-bond acceptors (Lipinski definition) is 3. The summed E-state index contributed by atoms with van der Waals surface area (Å²) in [6.07, 6.45) is 0. The number of nitrogens with zero attached hydrogens (tertiary/aromatic N) is 1. The number of anilines is 2. The summed E-state index contributed by atoms with van der Waals surface area (Å²) in [4.78, 5) is -0.00818. The molecule has 2 aromatic rings. The molecule has 0 aliphatic heterocycles.